The van der Waals surface area contributed by atoms with E-state index >= 15 is 0 Å². The van der Waals surface area contributed by atoms with Crippen molar-refractivity contribution in [1.82, 2.24) is 10.2 Å². The van der Waals surface area contributed by atoms with Gasteiger partial charge in [-0.3, -0.25) is 0 Å². The maximum absolute atomic E-state index is 12.4. The summed E-state index contributed by atoms with van der Waals surface area (Å²) < 4.78 is 17.4. The van der Waals surface area contributed by atoms with Crippen molar-refractivity contribution in [3.8, 4) is 5.75 Å². The fourth-order valence-electron chi connectivity index (χ4n) is 2.91. The Labute approximate surface area is 147 Å². The van der Waals surface area contributed by atoms with Crippen molar-refractivity contribution in [3.05, 3.63) is 29.8 Å². The molecule has 0 radical (unpaired) electrons. The first kappa shape index (κ1) is 18.1. The van der Waals surface area contributed by atoms with Gasteiger partial charge in [-0.15, -0.1) is 0 Å². The molecule has 7 nitrogen and oxygen atoms in total. The minimum atomic E-state index is -4.35. The van der Waals surface area contributed by atoms with E-state index in [1.54, 1.807) is 12.1 Å². The first-order valence-corrected chi connectivity index (χ1v) is 10.5. The van der Waals surface area contributed by atoms with Gasteiger partial charge >= 0.3 is 147 Å². The summed E-state index contributed by atoms with van der Waals surface area (Å²) in [7, 11) is -4.35. The standard InChI is InChI=1S/C17H25N2O5P/c1-10(2)14-16(20)23-25(18-14,19-15(11(3)4)17(21)24-25)22-13-8-6-12(5)7-9-13/h6-11,14-15,18-19H,1-5H3/t14-,15-/m0/s1. The fraction of sp³-hybridized carbons (Fsp3) is 0.529. The predicted octanol–water partition coefficient (Wildman–Crippen LogP) is 2.84. The molecule has 1 aromatic carbocycles. The molecular formula is C17H25N2O5P. The number of nitrogens with one attached hydrogen (secondary N) is 2. The van der Waals surface area contributed by atoms with E-state index in [1.807, 2.05) is 46.8 Å². The quantitative estimate of drug-likeness (QED) is 0.791. The third-order valence-electron chi connectivity index (χ3n) is 4.37. The molecule has 0 saturated carbocycles. The van der Waals surface area contributed by atoms with Gasteiger partial charge in [0.1, 0.15) is 0 Å². The average molecular weight is 368 g/mol. The van der Waals surface area contributed by atoms with Gasteiger partial charge in [0, 0.05) is 0 Å². The fourth-order valence-corrected chi connectivity index (χ4v) is 6.56. The molecule has 1 spiro atoms. The van der Waals surface area contributed by atoms with Crippen LogP contribution in [0.2, 0.25) is 0 Å². The van der Waals surface area contributed by atoms with Crippen molar-refractivity contribution >= 4 is 19.5 Å². The molecular weight excluding hydrogens is 343 g/mol. The second-order valence-electron chi connectivity index (χ2n) is 7.31. The molecule has 25 heavy (non-hydrogen) atoms. The van der Waals surface area contributed by atoms with Gasteiger partial charge in [-0.05, 0) is 0 Å². The maximum atomic E-state index is 12.4. The Morgan fingerprint density at radius 2 is 1.36 bits per heavy atom. The summed E-state index contributed by atoms with van der Waals surface area (Å²) in [6.45, 7) is 9.52. The Hall–Kier alpha value is -1.69. The van der Waals surface area contributed by atoms with Crippen LogP contribution in [0.15, 0.2) is 24.3 Å². The summed E-state index contributed by atoms with van der Waals surface area (Å²) in [6.07, 6.45) is 0. The average Bonchev–Trinajstić information content (AvgIpc) is 2.97. The molecule has 2 aliphatic heterocycles. The predicted molar refractivity (Wildman–Crippen MR) is 94.4 cm³/mol. The molecule has 2 saturated heterocycles. The van der Waals surface area contributed by atoms with Crippen LogP contribution in [-0.2, 0) is 18.6 Å². The Morgan fingerprint density at radius 1 is 0.920 bits per heavy atom. The van der Waals surface area contributed by atoms with Crippen molar-refractivity contribution in [2.24, 2.45) is 11.8 Å². The topological polar surface area (TPSA) is 85.9 Å². The van der Waals surface area contributed by atoms with Gasteiger partial charge in [-0.2, -0.15) is 0 Å². The molecule has 2 aliphatic rings. The zero-order valence-electron chi connectivity index (χ0n) is 15.1. The summed E-state index contributed by atoms with van der Waals surface area (Å²) in [5, 5.41) is 6.18. The van der Waals surface area contributed by atoms with E-state index in [4.69, 9.17) is 13.6 Å². The third kappa shape index (κ3) is 3.12. The summed E-state index contributed by atoms with van der Waals surface area (Å²) in [5.41, 5.74) is 1.06. The van der Waals surface area contributed by atoms with E-state index in [9.17, 15) is 9.59 Å². The Balaban J connectivity index is 2.02. The molecule has 0 amide bonds. The number of carbonyl (C=O) groups excluding carboxylic acids is 2. The van der Waals surface area contributed by atoms with E-state index < -0.39 is 31.6 Å². The number of aryl methyl sites for hydroxylation is 1. The van der Waals surface area contributed by atoms with E-state index in [1.165, 1.54) is 0 Å². The SMILES string of the molecule is Cc1ccc(OP23(N[C@@H](C(C)C)C(=O)O2)N[C@@H](C(C)C)C(=O)O3)cc1. The first-order valence-electron chi connectivity index (χ1n) is 8.47. The summed E-state index contributed by atoms with van der Waals surface area (Å²) in [6, 6.07) is 6.03. The molecule has 0 unspecified atom stereocenters. The van der Waals surface area contributed by atoms with E-state index in [0.717, 1.165) is 5.56 Å². The molecule has 3 rings (SSSR count). The molecule has 8 heteroatoms. The van der Waals surface area contributed by atoms with Crippen LogP contribution in [0.5, 0.6) is 5.75 Å². The Bertz CT molecular complexity index is 667. The van der Waals surface area contributed by atoms with E-state index in [0.29, 0.717) is 5.75 Å². The Kier molecular flexibility index (Phi) is 4.30. The summed E-state index contributed by atoms with van der Waals surface area (Å²) >= 11 is 0. The second-order valence-corrected chi connectivity index (χ2v) is 10.1. The van der Waals surface area contributed by atoms with Crippen LogP contribution >= 0.6 is 7.59 Å². The number of carbonyl (C=O) groups is 2. The number of rotatable bonds is 4. The van der Waals surface area contributed by atoms with Crippen LogP contribution in [0.4, 0.5) is 0 Å². The molecule has 2 N–H and O–H groups in total. The van der Waals surface area contributed by atoms with E-state index in [-0.39, 0.29) is 11.8 Å². The number of hydrogen-bond acceptors (Lipinski definition) is 7. The number of hydrogen-bond donors (Lipinski definition) is 2. The van der Waals surface area contributed by atoms with Gasteiger partial charge in [0.2, 0.25) is 0 Å². The van der Waals surface area contributed by atoms with Crippen LogP contribution < -0.4 is 14.7 Å². The normalized spacial score (nSPS) is 28.7. The van der Waals surface area contributed by atoms with Crippen molar-refractivity contribution in [2.75, 3.05) is 0 Å². The second kappa shape index (κ2) is 5.94. The summed E-state index contributed by atoms with van der Waals surface area (Å²) in [5.74, 6) is -0.602. The van der Waals surface area contributed by atoms with Gasteiger partial charge in [0.05, 0.1) is 0 Å². The Morgan fingerprint density at radius 3 is 1.72 bits per heavy atom. The van der Waals surface area contributed by atoms with Crippen LogP contribution in [0.25, 0.3) is 0 Å². The van der Waals surface area contributed by atoms with Gasteiger partial charge in [0.15, 0.2) is 0 Å². The van der Waals surface area contributed by atoms with Crippen molar-refractivity contribution < 1.29 is 23.2 Å². The summed E-state index contributed by atoms with van der Waals surface area (Å²) in [4.78, 5) is 24.9. The van der Waals surface area contributed by atoms with Crippen LogP contribution in [0, 0.1) is 18.8 Å². The van der Waals surface area contributed by atoms with E-state index in [2.05, 4.69) is 10.2 Å². The van der Waals surface area contributed by atoms with Crippen LogP contribution in [-0.4, -0.2) is 24.0 Å². The van der Waals surface area contributed by atoms with Crippen molar-refractivity contribution in [2.45, 2.75) is 46.7 Å². The zero-order valence-corrected chi connectivity index (χ0v) is 16.0. The first-order chi connectivity index (χ1) is 11.6. The number of benzene rings is 1. The molecule has 0 aliphatic carbocycles. The van der Waals surface area contributed by atoms with Gasteiger partial charge in [0.25, 0.3) is 0 Å². The molecule has 0 aromatic heterocycles. The third-order valence-corrected chi connectivity index (χ3v) is 7.38. The van der Waals surface area contributed by atoms with Gasteiger partial charge in [-0.25, -0.2) is 0 Å². The molecule has 2 atom stereocenters. The minimum absolute atomic E-state index is 0.0470. The molecule has 1 aromatic rings. The molecule has 138 valence electrons. The molecule has 2 heterocycles. The van der Waals surface area contributed by atoms with Gasteiger partial charge < -0.3 is 0 Å². The van der Waals surface area contributed by atoms with Crippen LogP contribution in [0.1, 0.15) is 33.3 Å². The zero-order chi connectivity index (χ0) is 18.4. The molecule has 0 bridgehead atoms. The van der Waals surface area contributed by atoms with Crippen LogP contribution in [0.3, 0.4) is 0 Å². The van der Waals surface area contributed by atoms with Crippen molar-refractivity contribution in [1.29, 1.82) is 0 Å². The van der Waals surface area contributed by atoms with Crippen molar-refractivity contribution in [3.63, 3.8) is 0 Å². The van der Waals surface area contributed by atoms with Gasteiger partial charge in [-0.1, -0.05) is 0 Å². The monoisotopic (exact) mass is 368 g/mol. The molecule has 2 fully saturated rings.